The minimum Gasteiger partial charge on any atom is -0.342 e. The van der Waals surface area contributed by atoms with E-state index in [2.05, 4.69) is 21.6 Å². The van der Waals surface area contributed by atoms with Gasteiger partial charge < -0.3 is 14.7 Å². The van der Waals surface area contributed by atoms with Crippen LogP contribution >= 0.6 is 0 Å². The van der Waals surface area contributed by atoms with Crippen LogP contribution in [-0.2, 0) is 4.79 Å². The number of carbonyl (C=O) groups is 1. The summed E-state index contributed by atoms with van der Waals surface area (Å²) >= 11 is 0. The molecule has 0 saturated carbocycles. The highest BCUT2D eigenvalue weighted by Crippen LogP contribution is 2.20. The van der Waals surface area contributed by atoms with Crippen molar-refractivity contribution in [3.05, 3.63) is 0 Å². The lowest BCUT2D eigenvalue weighted by Gasteiger charge is -2.39. The monoisotopic (exact) mass is 295 g/mol. The van der Waals surface area contributed by atoms with Crippen LogP contribution in [0.4, 0.5) is 0 Å². The number of amides is 1. The Labute approximate surface area is 130 Å². The second kappa shape index (κ2) is 8.14. The summed E-state index contributed by atoms with van der Waals surface area (Å²) in [5.41, 5.74) is 0. The predicted molar refractivity (Wildman–Crippen MR) is 87.3 cm³/mol. The van der Waals surface area contributed by atoms with Gasteiger partial charge in [-0.05, 0) is 31.7 Å². The molecule has 2 saturated heterocycles. The number of piperidine rings is 1. The second-order valence-electron chi connectivity index (χ2n) is 7.07. The molecule has 2 fully saturated rings. The smallest absolute Gasteiger partial charge is 0.225 e. The molecule has 0 atom stereocenters. The fourth-order valence-electron chi connectivity index (χ4n) is 3.58. The molecule has 2 heterocycles. The van der Waals surface area contributed by atoms with E-state index >= 15 is 0 Å². The molecule has 0 N–H and O–H groups in total. The molecule has 0 bridgehead atoms. The molecule has 2 aliphatic rings. The molecule has 4 nitrogen and oxygen atoms in total. The third-order valence-electron chi connectivity index (χ3n) is 4.94. The van der Waals surface area contributed by atoms with E-state index in [0.717, 1.165) is 19.0 Å². The van der Waals surface area contributed by atoms with E-state index in [-0.39, 0.29) is 5.92 Å². The lowest BCUT2D eigenvalue weighted by Crippen LogP contribution is -2.49. The van der Waals surface area contributed by atoms with E-state index in [9.17, 15) is 4.79 Å². The number of hydrogen-bond acceptors (Lipinski definition) is 3. The standard InChI is InChI=1S/C17H33N3O/c1-4-7-18-10-12-19(13-11-18)14-16-5-8-20(9-6-16)17(21)15(2)3/h15-16H,4-14H2,1-3H3. The van der Waals surface area contributed by atoms with Gasteiger partial charge in [-0.2, -0.15) is 0 Å². The number of rotatable bonds is 5. The molecule has 4 heteroatoms. The predicted octanol–water partition coefficient (Wildman–Crippen LogP) is 1.91. The van der Waals surface area contributed by atoms with Crippen LogP contribution in [0.3, 0.4) is 0 Å². The van der Waals surface area contributed by atoms with Crippen LogP contribution in [0, 0.1) is 11.8 Å². The first kappa shape index (κ1) is 16.8. The maximum Gasteiger partial charge on any atom is 0.225 e. The van der Waals surface area contributed by atoms with Crippen LogP contribution < -0.4 is 0 Å². The molecular formula is C17H33N3O. The summed E-state index contributed by atoms with van der Waals surface area (Å²) in [5.74, 6) is 1.27. The lowest BCUT2D eigenvalue weighted by atomic mass is 9.95. The Kier molecular flexibility index (Phi) is 6.49. The summed E-state index contributed by atoms with van der Waals surface area (Å²) in [4.78, 5) is 19.3. The average molecular weight is 295 g/mol. The molecule has 2 rings (SSSR count). The number of carbonyl (C=O) groups excluding carboxylic acids is 1. The van der Waals surface area contributed by atoms with Crippen molar-refractivity contribution in [2.45, 2.75) is 40.0 Å². The Morgan fingerprint density at radius 3 is 2.10 bits per heavy atom. The normalized spacial score (nSPS) is 23.0. The van der Waals surface area contributed by atoms with Gasteiger partial charge in [0.05, 0.1) is 0 Å². The highest BCUT2D eigenvalue weighted by molar-refractivity contribution is 5.78. The van der Waals surface area contributed by atoms with Crippen molar-refractivity contribution in [1.82, 2.24) is 14.7 Å². The summed E-state index contributed by atoms with van der Waals surface area (Å²) in [6, 6.07) is 0. The highest BCUT2D eigenvalue weighted by Gasteiger charge is 2.26. The second-order valence-corrected chi connectivity index (χ2v) is 7.07. The molecule has 2 aliphatic heterocycles. The van der Waals surface area contributed by atoms with Crippen molar-refractivity contribution in [2.24, 2.45) is 11.8 Å². The number of hydrogen-bond donors (Lipinski definition) is 0. The molecule has 0 aromatic carbocycles. The van der Waals surface area contributed by atoms with Crippen LogP contribution in [0.2, 0.25) is 0 Å². The Hall–Kier alpha value is -0.610. The van der Waals surface area contributed by atoms with E-state index in [1.165, 1.54) is 58.5 Å². The third kappa shape index (κ3) is 4.96. The zero-order valence-electron chi connectivity index (χ0n) is 14.2. The van der Waals surface area contributed by atoms with Crippen molar-refractivity contribution < 1.29 is 4.79 Å². The SMILES string of the molecule is CCCN1CCN(CC2CCN(C(=O)C(C)C)CC2)CC1. The summed E-state index contributed by atoms with van der Waals surface area (Å²) in [5, 5.41) is 0. The first-order chi connectivity index (χ1) is 10.1. The van der Waals surface area contributed by atoms with Gasteiger partial charge in [0.1, 0.15) is 0 Å². The van der Waals surface area contributed by atoms with Gasteiger partial charge in [-0.15, -0.1) is 0 Å². The molecule has 0 radical (unpaired) electrons. The maximum atomic E-state index is 12.0. The van der Waals surface area contributed by atoms with Crippen molar-refractivity contribution in [3.63, 3.8) is 0 Å². The van der Waals surface area contributed by atoms with E-state index in [4.69, 9.17) is 0 Å². The number of likely N-dealkylation sites (tertiary alicyclic amines) is 1. The lowest BCUT2D eigenvalue weighted by molar-refractivity contribution is -0.135. The van der Waals surface area contributed by atoms with E-state index in [1.807, 2.05) is 13.8 Å². The zero-order chi connectivity index (χ0) is 15.2. The summed E-state index contributed by atoms with van der Waals surface area (Å²) < 4.78 is 0. The Morgan fingerprint density at radius 1 is 1.00 bits per heavy atom. The minimum atomic E-state index is 0.146. The molecular weight excluding hydrogens is 262 g/mol. The van der Waals surface area contributed by atoms with Crippen molar-refractivity contribution >= 4 is 5.91 Å². The van der Waals surface area contributed by atoms with Crippen molar-refractivity contribution in [1.29, 1.82) is 0 Å². The molecule has 122 valence electrons. The van der Waals surface area contributed by atoms with Crippen molar-refractivity contribution in [2.75, 3.05) is 52.4 Å². The first-order valence-electron chi connectivity index (χ1n) is 8.83. The van der Waals surface area contributed by atoms with Gasteiger partial charge in [0.25, 0.3) is 0 Å². The van der Waals surface area contributed by atoms with E-state index in [1.54, 1.807) is 0 Å². The molecule has 21 heavy (non-hydrogen) atoms. The topological polar surface area (TPSA) is 26.8 Å². The van der Waals surface area contributed by atoms with Gasteiger partial charge in [0, 0.05) is 51.7 Å². The summed E-state index contributed by atoms with van der Waals surface area (Å²) in [6.45, 7) is 15.6. The largest absolute Gasteiger partial charge is 0.342 e. The van der Waals surface area contributed by atoms with Gasteiger partial charge in [-0.3, -0.25) is 4.79 Å². The summed E-state index contributed by atoms with van der Waals surface area (Å²) in [6.07, 6.45) is 3.64. The van der Waals surface area contributed by atoms with Crippen molar-refractivity contribution in [3.8, 4) is 0 Å². The molecule has 0 aliphatic carbocycles. The van der Waals surface area contributed by atoms with E-state index in [0.29, 0.717) is 5.91 Å². The van der Waals surface area contributed by atoms with E-state index < -0.39 is 0 Å². The molecule has 0 spiro atoms. The molecule has 0 unspecified atom stereocenters. The molecule has 1 amide bonds. The van der Waals surface area contributed by atoms with Crippen LogP contribution in [0.15, 0.2) is 0 Å². The van der Waals surface area contributed by atoms with Crippen LogP contribution in [0.5, 0.6) is 0 Å². The van der Waals surface area contributed by atoms with Crippen LogP contribution in [-0.4, -0.2) is 73.0 Å². The number of nitrogens with zero attached hydrogens (tertiary/aromatic N) is 3. The Morgan fingerprint density at radius 2 is 1.57 bits per heavy atom. The van der Waals surface area contributed by atoms with Gasteiger partial charge >= 0.3 is 0 Å². The Balaban J connectivity index is 1.66. The third-order valence-corrected chi connectivity index (χ3v) is 4.94. The van der Waals surface area contributed by atoms with Gasteiger partial charge in [-0.25, -0.2) is 0 Å². The average Bonchev–Trinajstić information content (AvgIpc) is 2.49. The zero-order valence-corrected chi connectivity index (χ0v) is 14.2. The van der Waals surface area contributed by atoms with Crippen LogP contribution in [0.25, 0.3) is 0 Å². The first-order valence-corrected chi connectivity index (χ1v) is 8.83. The Bertz CT molecular complexity index is 316. The maximum absolute atomic E-state index is 12.0. The minimum absolute atomic E-state index is 0.146. The molecule has 0 aromatic heterocycles. The molecule has 0 aromatic rings. The van der Waals surface area contributed by atoms with Crippen LogP contribution in [0.1, 0.15) is 40.0 Å². The summed E-state index contributed by atoms with van der Waals surface area (Å²) in [7, 11) is 0. The number of piperazine rings is 1. The van der Waals surface area contributed by atoms with Gasteiger partial charge in [0.15, 0.2) is 0 Å². The fraction of sp³-hybridized carbons (Fsp3) is 0.941. The van der Waals surface area contributed by atoms with Gasteiger partial charge in [0.2, 0.25) is 5.91 Å². The van der Waals surface area contributed by atoms with Gasteiger partial charge in [-0.1, -0.05) is 20.8 Å². The quantitative estimate of drug-likeness (QED) is 0.775. The highest BCUT2D eigenvalue weighted by atomic mass is 16.2. The fourth-order valence-corrected chi connectivity index (χ4v) is 3.58.